The summed E-state index contributed by atoms with van der Waals surface area (Å²) in [6.45, 7) is 2.27. The molecule has 1 aliphatic carbocycles. The van der Waals surface area contributed by atoms with Gasteiger partial charge in [0.15, 0.2) is 17.5 Å². The Morgan fingerprint density at radius 3 is 1.90 bits per heavy atom. The minimum atomic E-state index is -1.42. The molecular formula is C26H33F3. The van der Waals surface area contributed by atoms with Crippen LogP contribution in [-0.4, -0.2) is 0 Å². The Labute approximate surface area is 173 Å². The van der Waals surface area contributed by atoms with Crippen molar-refractivity contribution in [3.8, 4) is 11.1 Å². The molecular weight excluding hydrogens is 369 g/mol. The molecule has 29 heavy (non-hydrogen) atoms. The van der Waals surface area contributed by atoms with Crippen molar-refractivity contribution in [1.82, 2.24) is 0 Å². The first-order valence-corrected chi connectivity index (χ1v) is 11.3. The lowest BCUT2D eigenvalue weighted by atomic mass is 9.77. The molecule has 2 aromatic rings. The molecule has 0 N–H and O–H groups in total. The van der Waals surface area contributed by atoms with Crippen molar-refractivity contribution in [1.29, 1.82) is 0 Å². The molecule has 158 valence electrons. The van der Waals surface area contributed by atoms with Gasteiger partial charge in [0.25, 0.3) is 0 Å². The van der Waals surface area contributed by atoms with Gasteiger partial charge in [-0.15, -0.1) is 0 Å². The van der Waals surface area contributed by atoms with Crippen LogP contribution in [0.1, 0.15) is 76.7 Å². The third-order valence-electron chi connectivity index (χ3n) is 6.54. The second kappa shape index (κ2) is 10.8. The van der Waals surface area contributed by atoms with Crippen LogP contribution in [0, 0.1) is 29.3 Å². The van der Waals surface area contributed by atoms with Crippen molar-refractivity contribution < 1.29 is 13.2 Å². The van der Waals surface area contributed by atoms with E-state index in [4.69, 9.17) is 0 Å². The highest BCUT2D eigenvalue weighted by atomic mass is 19.2. The molecule has 2 aromatic carbocycles. The number of halogens is 3. The van der Waals surface area contributed by atoms with Crippen LogP contribution < -0.4 is 0 Å². The average Bonchev–Trinajstić information content (AvgIpc) is 2.74. The van der Waals surface area contributed by atoms with E-state index in [1.807, 2.05) is 24.3 Å². The van der Waals surface area contributed by atoms with E-state index in [2.05, 4.69) is 6.92 Å². The molecule has 0 aliphatic heterocycles. The van der Waals surface area contributed by atoms with E-state index in [0.29, 0.717) is 11.1 Å². The molecule has 0 unspecified atom stereocenters. The Kier molecular flexibility index (Phi) is 8.20. The summed E-state index contributed by atoms with van der Waals surface area (Å²) in [6, 6.07) is 9.88. The Hall–Kier alpha value is -1.77. The average molecular weight is 403 g/mol. The van der Waals surface area contributed by atoms with Crippen LogP contribution >= 0.6 is 0 Å². The van der Waals surface area contributed by atoms with Crippen LogP contribution in [0.3, 0.4) is 0 Å². The van der Waals surface area contributed by atoms with E-state index >= 15 is 0 Å². The summed E-state index contributed by atoms with van der Waals surface area (Å²) >= 11 is 0. The van der Waals surface area contributed by atoms with Gasteiger partial charge >= 0.3 is 0 Å². The third kappa shape index (κ3) is 6.35. The SMILES string of the molecule is CCCCCCC1CCC(CCc2ccc(-c3cc(F)c(F)c(F)c3)cc2)CC1. The lowest BCUT2D eigenvalue weighted by molar-refractivity contribution is 0.249. The van der Waals surface area contributed by atoms with E-state index in [1.165, 1.54) is 69.8 Å². The van der Waals surface area contributed by atoms with Crippen LogP contribution in [0.5, 0.6) is 0 Å². The van der Waals surface area contributed by atoms with Crippen LogP contribution in [0.25, 0.3) is 11.1 Å². The molecule has 0 aromatic heterocycles. The van der Waals surface area contributed by atoms with Crippen LogP contribution in [-0.2, 0) is 6.42 Å². The maximum Gasteiger partial charge on any atom is 0.194 e. The van der Waals surface area contributed by atoms with E-state index in [9.17, 15) is 13.2 Å². The van der Waals surface area contributed by atoms with E-state index < -0.39 is 17.5 Å². The molecule has 0 nitrogen and oxygen atoms in total. The van der Waals surface area contributed by atoms with Gasteiger partial charge in [-0.2, -0.15) is 0 Å². The zero-order chi connectivity index (χ0) is 20.6. The van der Waals surface area contributed by atoms with Crippen molar-refractivity contribution in [2.24, 2.45) is 11.8 Å². The lowest BCUT2D eigenvalue weighted by Gasteiger charge is -2.28. The highest BCUT2D eigenvalue weighted by molar-refractivity contribution is 5.63. The summed E-state index contributed by atoms with van der Waals surface area (Å²) in [5.41, 5.74) is 2.32. The number of aryl methyl sites for hydroxylation is 1. The molecule has 3 rings (SSSR count). The molecule has 0 spiro atoms. The minimum absolute atomic E-state index is 0.366. The number of hydrogen-bond donors (Lipinski definition) is 0. The summed E-state index contributed by atoms with van der Waals surface area (Å²) in [5, 5.41) is 0. The first-order chi connectivity index (χ1) is 14.1. The summed E-state index contributed by atoms with van der Waals surface area (Å²) in [5.74, 6) is -1.95. The van der Waals surface area contributed by atoms with Crippen LogP contribution in [0.2, 0.25) is 0 Å². The van der Waals surface area contributed by atoms with Crippen molar-refractivity contribution >= 4 is 0 Å². The Balaban J connectivity index is 1.44. The molecule has 0 atom stereocenters. The molecule has 0 amide bonds. The fourth-order valence-corrected chi connectivity index (χ4v) is 4.63. The van der Waals surface area contributed by atoms with Crippen LogP contribution in [0.15, 0.2) is 36.4 Å². The normalized spacial score (nSPS) is 19.4. The lowest BCUT2D eigenvalue weighted by Crippen LogP contribution is -2.15. The molecule has 1 aliphatic rings. The van der Waals surface area contributed by atoms with Gasteiger partial charge in [-0.3, -0.25) is 0 Å². The molecule has 1 fully saturated rings. The van der Waals surface area contributed by atoms with Crippen molar-refractivity contribution in [2.45, 2.75) is 77.6 Å². The number of unbranched alkanes of at least 4 members (excludes halogenated alkanes) is 3. The van der Waals surface area contributed by atoms with E-state index in [0.717, 1.165) is 30.4 Å². The van der Waals surface area contributed by atoms with E-state index in [-0.39, 0.29) is 0 Å². The fraction of sp³-hybridized carbons (Fsp3) is 0.538. The highest BCUT2D eigenvalue weighted by Gasteiger charge is 2.20. The van der Waals surface area contributed by atoms with Crippen molar-refractivity contribution in [3.05, 3.63) is 59.4 Å². The monoisotopic (exact) mass is 402 g/mol. The quantitative estimate of drug-likeness (QED) is 0.291. The van der Waals surface area contributed by atoms with Gasteiger partial charge in [0.2, 0.25) is 0 Å². The van der Waals surface area contributed by atoms with Gasteiger partial charge in [0.05, 0.1) is 0 Å². The van der Waals surface area contributed by atoms with E-state index in [1.54, 1.807) is 0 Å². The summed E-state index contributed by atoms with van der Waals surface area (Å²) < 4.78 is 40.0. The van der Waals surface area contributed by atoms with Crippen LogP contribution in [0.4, 0.5) is 13.2 Å². The maximum absolute atomic E-state index is 13.4. The van der Waals surface area contributed by atoms with Gasteiger partial charge in [-0.05, 0) is 53.5 Å². The van der Waals surface area contributed by atoms with Crippen molar-refractivity contribution in [2.75, 3.05) is 0 Å². The molecule has 0 saturated heterocycles. The second-order valence-electron chi connectivity index (χ2n) is 8.73. The first-order valence-electron chi connectivity index (χ1n) is 11.3. The number of rotatable bonds is 9. The van der Waals surface area contributed by atoms with Crippen molar-refractivity contribution in [3.63, 3.8) is 0 Å². The van der Waals surface area contributed by atoms with Gasteiger partial charge < -0.3 is 0 Å². The Morgan fingerprint density at radius 2 is 1.31 bits per heavy atom. The molecule has 3 heteroatoms. The number of benzene rings is 2. The molecule has 1 saturated carbocycles. The predicted octanol–water partition coefficient (Wildman–Crippen LogP) is 8.48. The molecule has 0 bridgehead atoms. The summed E-state index contributed by atoms with van der Waals surface area (Å²) in [6.07, 6.45) is 14.6. The molecule has 0 radical (unpaired) electrons. The highest BCUT2D eigenvalue weighted by Crippen LogP contribution is 2.34. The first kappa shape index (κ1) is 21.9. The zero-order valence-electron chi connectivity index (χ0n) is 17.5. The standard InChI is InChI=1S/C26H33F3/c1-2-3-4-5-6-19-7-9-20(10-8-19)11-12-21-13-15-22(16-14-21)23-17-24(27)26(29)25(28)18-23/h13-20H,2-12H2,1H3. The topological polar surface area (TPSA) is 0 Å². The van der Waals surface area contributed by atoms with Gasteiger partial charge in [-0.1, -0.05) is 89.0 Å². The third-order valence-corrected chi connectivity index (χ3v) is 6.54. The summed E-state index contributed by atoms with van der Waals surface area (Å²) in [7, 11) is 0. The number of hydrogen-bond acceptors (Lipinski definition) is 0. The smallest absolute Gasteiger partial charge is 0.194 e. The Morgan fingerprint density at radius 1 is 0.724 bits per heavy atom. The fourth-order valence-electron chi connectivity index (χ4n) is 4.63. The predicted molar refractivity (Wildman–Crippen MR) is 114 cm³/mol. The summed E-state index contributed by atoms with van der Waals surface area (Å²) in [4.78, 5) is 0. The van der Waals surface area contributed by atoms with Gasteiger partial charge in [-0.25, -0.2) is 13.2 Å². The Bertz CT molecular complexity index is 735. The minimum Gasteiger partial charge on any atom is -0.204 e. The van der Waals surface area contributed by atoms with Gasteiger partial charge in [0.1, 0.15) is 0 Å². The van der Waals surface area contributed by atoms with Gasteiger partial charge in [0, 0.05) is 0 Å². The maximum atomic E-state index is 13.4. The second-order valence-corrected chi connectivity index (χ2v) is 8.73. The zero-order valence-corrected chi connectivity index (χ0v) is 17.5. The molecule has 0 heterocycles. The largest absolute Gasteiger partial charge is 0.204 e.